The highest BCUT2D eigenvalue weighted by Gasteiger charge is 2.20. The molecule has 2 aromatic rings. The minimum absolute atomic E-state index is 0.0471. The SMILES string of the molecule is Cc1ccc(C(C)NC(=O)CCCN(c2cccc([N+](=O)[O-])c2)S(C)(=O)=O)cc1C. The number of carbonyl (C=O) groups is 1. The smallest absolute Gasteiger partial charge is 0.271 e. The number of benzene rings is 2. The molecule has 9 heteroatoms. The Labute approximate surface area is 177 Å². The topological polar surface area (TPSA) is 110 Å². The van der Waals surface area contributed by atoms with E-state index in [-0.39, 0.29) is 42.7 Å². The Hall–Kier alpha value is -2.94. The van der Waals surface area contributed by atoms with Crippen LogP contribution in [0.3, 0.4) is 0 Å². The van der Waals surface area contributed by atoms with Crippen LogP contribution in [0.1, 0.15) is 42.5 Å². The van der Waals surface area contributed by atoms with Crippen LogP contribution < -0.4 is 9.62 Å². The Balaban J connectivity index is 1.99. The zero-order valence-electron chi connectivity index (χ0n) is 17.6. The van der Waals surface area contributed by atoms with E-state index in [1.165, 1.54) is 29.8 Å². The predicted molar refractivity (Wildman–Crippen MR) is 117 cm³/mol. The molecule has 0 saturated carbocycles. The number of rotatable bonds is 9. The Morgan fingerprint density at radius 1 is 1.17 bits per heavy atom. The molecular formula is C21H27N3O5S. The minimum atomic E-state index is -3.65. The summed E-state index contributed by atoms with van der Waals surface area (Å²) in [6.07, 6.45) is 1.45. The van der Waals surface area contributed by atoms with Gasteiger partial charge in [0.1, 0.15) is 0 Å². The average Bonchev–Trinajstić information content (AvgIpc) is 2.66. The highest BCUT2D eigenvalue weighted by atomic mass is 32.2. The third-order valence-corrected chi connectivity index (χ3v) is 6.10. The molecule has 0 radical (unpaired) electrons. The lowest BCUT2D eigenvalue weighted by molar-refractivity contribution is -0.384. The number of anilines is 1. The van der Waals surface area contributed by atoms with Crippen LogP contribution in [0.2, 0.25) is 0 Å². The van der Waals surface area contributed by atoms with Crippen LogP contribution >= 0.6 is 0 Å². The molecule has 0 aliphatic heterocycles. The van der Waals surface area contributed by atoms with Gasteiger partial charge in [0.25, 0.3) is 5.69 Å². The lowest BCUT2D eigenvalue weighted by atomic mass is 10.0. The van der Waals surface area contributed by atoms with Gasteiger partial charge in [-0.1, -0.05) is 24.3 Å². The number of hydrogen-bond acceptors (Lipinski definition) is 5. The van der Waals surface area contributed by atoms with Crippen molar-refractivity contribution in [1.82, 2.24) is 5.32 Å². The zero-order valence-corrected chi connectivity index (χ0v) is 18.4. The third-order valence-electron chi connectivity index (χ3n) is 4.90. The number of nitro benzene ring substituents is 1. The van der Waals surface area contributed by atoms with E-state index < -0.39 is 14.9 Å². The van der Waals surface area contributed by atoms with Gasteiger partial charge in [0, 0.05) is 25.1 Å². The number of aryl methyl sites for hydroxylation is 2. The van der Waals surface area contributed by atoms with E-state index in [1.807, 2.05) is 39.0 Å². The number of nitrogens with one attached hydrogen (secondary N) is 1. The number of amides is 1. The molecule has 1 atom stereocenters. The van der Waals surface area contributed by atoms with Crippen molar-refractivity contribution in [1.29, 1.82) is 0 Å². The van der Waals surface area contributed by atoms with E-state index >= 15 is 0 Å². The molecule has 0 aromatic heterocycles. The second kappa shape index (κ2) is 9.71. The molecule has 2 rings (SSSR count). The molecule has 162 valence electrons. The summed E-state index contributed by atoms with van der Waals surface area (Å²) in [5.41, 5.74) is 3.34. The number of carbonyl (C=O) groups excluding carboxylic acids is 1. The van der Waals surface area contributed by atoms with Gasteiger partial charge in [-0.15, -0.1) is 0 Å². The van der Waals surface area contributed by atoms with Gasteiger partial charge in [-0.3, -0.25) is 19.2 Å². The average molecular weight is 434 g/mol. The van der Waals surface area contributed by atoms with Gasteiger partial charge in [0.05, 0.1) is 22.9 Å². The van der Waals surface area contributed by atoms with Gasteiger partial charge in [-0.05, 0) is 49.9 Å². The Morgan fingerprint density at radius 2 is 1.87 bits per heavy atom. The second-order valence-electron chi connectivity index (χ2n) is 7.35. The fraction of sp³-hybridized carbons (Fsp3) is 0.381. The maximum Gasteiger partial charge on any atom is 0.271 e. The lowest BCUT2D eigenvalue weighted by Gasteiger charge is -2.22. The Kier molecular flexibility index (Phi) is 7.55. The minimum Gasteiger partial charge on any atom is -0.350 e. The van der Waals surface area contributed by atoms with Gasteiger partial charge >= 0.3 is 0 Å². The summed E-state index contributed by atoms with van der Waals surface area (Å²) < 4.78 is 25.4. The predicted octanol–water partition coefficient (Wildman–Crippen LogP) is 3.64. The molecule has 1 amide bonds. The van der Waals surface area contributed by atoms with Crippen LogP contribution in [0.4, 0.5) is 11.4 Å². The van der Waals surface area contributed by atoms with Gasteiger partial charge in [-0.2, -0.15) is 0 Å². The van der Waals surface area contributed by atoms with Crippen LogP contribution in [0.25, 0.3) is 0 Å². The van der Waals surface area contributed by atoms with E-state index in [1.54, 1.807) is 0 Å². The molecule has 0 spiro atoms. The number of nitro groups is 1. The third kappa shape index (κ3) is 6.28. The van der Waals surface area contributed by atoms with E-state index in [2.05, 4.69) is 5.32 Å². The van der Waals surface area contributed by atoms with Crippen molar-refractivity contribution in [2.24, 2.45) is 0 Å². The fourth-order valence-electron chi connectivity index (χ4n) is 3.06. The highest BCUT2D eigenvalue weighted by Crippen LogP contribution is 2.23. The maximum atomic E-state index is 12.3. The van der Waals surface area contributed by atoms with Crippen LogP contribution in [0, 0.1) is 24.0 Å². The maximum absolute atomic E-state index is 12.3. The molecule has 1 unspecified atom stereocenters. The van der Waals surface area contributed by atoms with Crippen LogP contribution in [-0.4, -0.2) is 32.0 Å². The molecule has 1 N–H and O–H groups in total. The second-order valence-corrected chi connectivity index (χ2v) is 9.26. The Bertz CT molecular complexity index is 1040. The summed E-state index contributed by atoms with van der Waals surface area (Å²) in [5, 5.41) is 13.9. The van der Waals surface area contributed by atoms with Gasteiger partial charge in [0.2, 0.25) is 15.9 Å². The van der Waals surface area contributed by atoms with Crippen molar-refractivity contribution in [3.05, 3.63) is 69.3 Å². The van der Waals surface area contributed by atoms with Crippen LogP contribution in [0.5, 0.6) is 0 Å². The Morgan fingerprint density at radius 3 is 2.47 bits per heavy atom. The van der Waals surface area contributed by atoms with Crippen molar-refractivity contribution in [3.8, 4) is 0 Å². The largest absolute Gasteiger partial charge is 0.350 e. The first-order valence-corrected chi connectivity index (χ1v) is 11.4. The normalized spacial score (nSPS) is 12.3. The van der Waals surface area contributed by atoms with E-state index in [4.69, 9.17) is 0 Å². The fourth-order valence-corrected chi connectivity index (χ4v) is 4.02. The summed E-state index contributed by atoms with van der Waals surface area (Å²) in [7, 11) is -3.65. The number of non-ortho nitro benzene ring substituents is 1. The molecule has 30 heavy (non-hydrogen) atoms. The standard InChI is InChI=1S/C21H27N3O5S/c1-15-10-11-18(13-16(15)2)17(3)22-21(25)9-6-12-23(30(4,28)29)19-7-5-8-20(14-19)24(26)27/h5,7-8,10-11,13-14,17H,6,9,12H2,1-4H3,(H,22,25). The summed E-state index contributed by atoms with van der Waals surface area (Å²) in [5.74, 6) is -0.187. The number of hydrogen-bond donors (Lipinski definition) is 1. The summed E-state index contributed by atoms with van der Waals surface area (Å²) in [6.45, 7) is 5.98. The van der Waals surface area contributed by atoms with Crippen LogP contribution in [-0.2, 0) is 14.8 Å². The molecular weight excluding hydrogens is 406 g/mol. The highest BCUT2D eigenvalue weighted by molar-refractivity contribution is 7.92. The van der Waals surface area contributed by atoms with Gasteiger partial charge < -0.3 is 5.32 Å². The van der Waals surface area contributed by atoms with Crippen molar-refractivity contribution in [2.45, 2.75) is 39.7 Å². The quantitative estimate of drug-likeness (QED) is 0.480. The van der Waals surface area contributed by atoms with E-state index in [0.717, 1.165) is 21.7 Å². The number of sulfonamides is 1. The first-order chi connectivity index (χ1) is 14.0. The molecule has 0 fully saturated rings. The summed E-state index contributed by atoms with van der Waals surface area (Å²) >= 11 is 0. The van der Waals surface area contributed by atoms with E-state index in [0.29, 0.717) is 0 Å². The lowest BCUT2D eigenvalue weighted by Crippen LogP contribution is -2.32. The molecule has 8 nitrogen and oxygen atoms in total. The number of nitrogens with zero attached hydrogens (tertiary/aromatic N) is 2. The zero-order chi connectivity index (χ0) is 22.5. The first-order valence-electron chi connectivity index (χ1n) is 9.57. The van der Waals surface area contributed by atoms with Crippen molar-refractivity contribution >= 4 is 27.3 Å². The molecule has 0 aliphatic carbocycles. The van der Waals surface area contributed by atoms with Crippen LogP contribution in [0.15, 0.2) is 42.5 Å². The molecule has 0 heterocycles. The van der Waals surface area contributed by atoms with Crippen molar-refractivity contribution in [3.63, 3.8) is 0 Å². The molecule has 0 bridgehead atoms. The van der Waals surface area contributed by atoms with Crippen molar-refractivity contribution < 1.29 is 18.1 Å². The molecule has 2 aromatic carbocycles. The summed E-state index contributed by atoms with van der Waals surface area (Å²) in [4.78, 5) is 22.7. The van der Waals surface area contributed by atoms with Gasteiger partial charge in [0.15, 0.2) is 0 Å². The van der Waals surface area contributed by atoms with E-state index in [9.17, 15) is 23.3 Å². The van der Waals surface area contributed by atoms with Gasteiger partial charge in [-0.25, -0.2) is 8.42 Å². The summed E-state index contributed by atoms with van der Waals surface area (Å²) in [6, 6.07) is 11.3. The van der Waals surface area contributed by atoms with Crippen molar-refractivity contribution in [2.75, 3.05) is 17.1 Å². The first kappa shape index (κ1) is 23.3. The monoisotopic (exact) mass is 433 g/mol. The molecule has 0 saturated heterocycles. The molecule has 0 aliphatic rings.